The van der Waals surface area contributed by atoms with Gasteiger partial charge in [-0.05, 0) is 50.8 Å². The van der Waals surface area contributed by atoms with Gasteiger partial charge in [-0.15, -0.1) is 0 Å². The van der Waals surface area contributed by atoms with Crippen LogP contribution in [0.5, 0.6) is 0 Å². The number of sulfonamides is 1. The summed E-state index contributed by atoms with van der Waals surface area (Å²) < 4.78 is 30.5. The first-order valence-corrected chi connectivity index (χ1v) is 13.0. The standard InChI is InChI=1S/C24H26N6O3S/c1-24(9-10-24)27-34(32,33)19-7-8-21-20(11-19)22(31)29(15-17-12-26-28(2)14-17)23-25-13-18(30(21)23)6-5-16-3-4-16/h7-8,11-12,14,16,18,27H,3-4,9-10,13,15H2,1-2H3/t18-/m0/s1. The summed E-state index contributed by atoms with van der Waals surface area (Å²) in [7, 11) is -1.92. The van der Waals surface area contributed by atoms with Crippen LogP contribution in [0.2, 0.25) is 0 Å². The van der Waals surface area contributed by atoms with E-state index in [4.69, 9.17) is 0 Å². The number of fused-ring (bicyclic) bond motifs is 3. The molecule has 176 valence electrons. The van der Waals surface area contributed by atoms with Crippen molar-refractivity contribution in [1.29, 1.82) is 0 Å². The molecule has 2 aromatic rings. The van der Waals surface area contributed by atoms with Gasteiger partial charge in [0.15, 0.2) is 0 Å². The summed E-state index contributed by atoms with van der Waals surface area (Å²) in [6, 6.07) is 4.58. The van der Waals surface area contributed by atoms with E-state index in [9.17, 15) is 13.2 Å². The highest BCUT2D eigenvalue weighted by atomic mass is 32.2. The van der Waals surface area contributed by atoms with Gasteiger partial charge in [-0.2, -0.15) is 5.10 Å². The Kier molecular flexibility index (Phi) is 4.66. The van der Waals surface area contributed by atoms with Crippen LogP contribution in [0, 0.1) is 17.8 Å². The fraction of sp³-hybridized carbons (Fsp3) is 0.458. The number of guanidine groups is 1. The number of hydrogen-bond donors (Lipinski definition) is 1. The van der Waals surface area contributed by atoms with E-state index in [1.54, 1.807) is 27.9 Å². The summed E-state index contributed by atoms with van der Waals surface area (Å²) in [5.41, 5.74) is 1.45. The second-order valence-electron chi connectivity index (χ2n) is 9.85. The number of benzene rings is 1. The predicted octanol–water partition coefficient (Wildman–Crippen LogP) is 1.86. The maximum atomic E-state index is 13.7. The van der Waals surface area contributed by atoms with E-state index in [2.05, 4.69) is 26.7 Å². The van der Waals surface area contributed by atoms with Crippen LogP contribution in [0.15, 0.2) is 40.5 Å². The van der Waals surface area contributed by atoms with Gasteiger partial charge >= 0.3 is 0 Å². The lowest BCUT2D eigenvalue weighted by molar-refractivity contribution is 0.0833. The SMILES string of the molecule is Cn1cc(CN2C(=O)c3cc(S(=O)(=O)NC4(C)CC4)ccc3N3C2=NC[C@@H]3C#CC2CC2)cn1. The first-order valence-electron chi connectivity index (χ1n) is 11.5. The van der Waals surface area contributed by atoms with Crippen molar-refractivity contribution < 1.29 is 13.2 Å². The molecule has 1 amide bonds. The van der Waals surface area contributed by atoms with Crippen molar-refractivity contribution >= 4 is 27.6 Å². The molecule has 0 bridgehead atoms. The maximum absolute atomic E-state index is 13.7. The molecule has 0 unspecified atom stereocenters. The van der Waals surface area contributed by atoms with Crippen LogP contribution in [-0.2, 0) is 23.6 Å². The summed E-state index contributed by atoms with van der Waals surface area (Å²) in [4.78, 5) is 22.0. The molecule has 1 aromatic heterocycles. The molecule has 1 N–H and O–H groups in total. The Hall–Kier alpha value is -3.16. The molecule has 1 aromatic carbocycles. The second kappa shape index (κ2) is 7.42. The summed E-state index contributed by atoms with van der Waals surface area (Å²) in [6.07, 6.45) is 7.45. The molecule has 10 heteroatoms. The lowest BCUT2D eigenvalue weighted by Gasteiger charge is -2.37. The minimum Gasteiger partial charge on any atom is -0.295 e. The summed E-state index contributed by atoms with van der Waals surface area (Å²) in [5, 5.41) is 4.21. The number of rotatable bonds is 5. The summed E-state index contributed by atoms with van der Waals surface area (Å²) >= 11 is 0. The molecule has 34 heavy (non-hydrogen) atoms. The molecule has 9 nitrogen and oxygen atoms in total. The normalized spacial score (nSPS) is 22.6. The molecule has 6 rings (SSSR count). The van der Waals surface area contributed by atoms with Crippen molar-refractivity contribution in [3.05, 3.63) is 41.7 Å². The lowest BCUT2D eigenvalue weighted by Crippen LogP contribution is -2.52. The van der Waals surface area contributed by atoms with Crippen molar-refractivity contribution in [2.45, 2.75) is 55.6 Å². The molecule has 0 radical (unpaired) electrons. The number of hydrogen-bond acceptors (Lipinski definition) is 6. The molecule has 2 saturated carbocycles. The topological polar surface area (TPSA) is 99.9 Å². The number of nitrogens with zero attached hydrogens (tertiary/aromatic N) is 5. The summed E-state index contributed by atoms with van der Waals surface area (Å²) in [6.45, 7) is 2.64. The van der Waals surface area contributed by atoms with Crippen LogP contribution in [0.3, 0.4) is 0 Å². The third-order valence-electron chi connectivity index (χ3n) is 6.70. The Morgan fingerprint density at radius 1 is 1.24 bits per heavy atom. The van der Waals surface area contributed by atoms with Crippen molar-refractivity contribution in [2.75, 3.05) is 11.4 Å². The van der Waals surface area contributed by atoms with E-state index in [1.807, 2.05) is 25.1 Å². The molecule has 2 aliphatic carbocycles. The molecule has 3 heterocycles. The van der Waals surface area contributed by atoms with Gasteiger partial charge in [-0.25, -0.2) is 18.1 Å². The van der Waals surface area contributed by atoms with E-state index in [0.717, 1.165) is 31.2 Å². The van der Waals surface area contributed by atoms with Gasteiger partial charge in [0.1, 0.15) is 6.04 Å². The molecule has 0 saturated heterocycles. The van der Waals surface area contributed by atoms with Crippen LogP contribution < -0.4 is 9.62 Å². The number of aliphatic imine (C=N–C) groups is 1. The van der Waals surface area contributed by atoms with Crippen LogP contribution in [0.4, 0.5) is 5.69 Å². The van der Waals surface area contributed by atoms with Crippen molar-refractivity contribution in [1.82, 2.24) is 19.4 Å². The number of anilines is 1. The molecule has 0 spiro atoms. The van der Waals surface area contributed by atoms with Crippen LogP contribution in [0.25, 0.3) is 0 Å². The average Bonchev–Trinajstić information content (AvgIpc) is 3.67. The zero-order chi connectivity index (χ0) is 23.7. The zero-order valence-corrected chi connectivity index (χ0v) is 20.0. The van der Waals surface area contributed by atoms with Crippen LogP contribution in [0.1, 0.15) is 48.5 Å². The van der Waals surface area contributed by atoms with Gasteiger partial charge in [0.05, 0.1) is 35.4 Å². The van der Waals surface area contributed by atoms with E-state index >= 15 is 0 Å². The minimum absolute atomic E-state index is 0.0919. The Morgan fingerprint density at radius 2 is 2.03 bits per heavy atom. The van der Waals surface area contributed by atoms with Gasteiger partial charge in [0.2, 0.25) is 16.0 Å². The summed E-state index contributed by atoms with van der Waals surface area (Å²) in [5.74, 6) is 7.39. The van der Waals surface area contributed by atoms with Crippen molar-refractivity contribution in [3.63, 3.8) is 0 Å². The largest absolute Gasteiger partial charge is 0.295 e. The quantitative estimate of drug-likeness (QED) is 0.662. The van der Waals surface area contributed by atoms with Crippen molar-refractivity contribution in [3.8, 4) is 11.8 Å². The lowest BCUT2D eigenvalue weighted by atomic mass is 10.1. The van der Waals surface area contributed by atoms with Crippen LogP contribution >= 0.6 is 0 Å². The Morgan fingerprint density at radius 3 is 2.71 bits per heavy atom. The molecular formula is C24H26N6O3S. The predicted molar refractivity (Wildman–Crippen MR) is 127 cm³/mol. The number of aromatic nitrogens is 2. The van der Waals surface area contributed by atoms with Gasteiger partial charge in [-0.1, -0.05) is 11.8 Å². The fourth-order valence-corrected chi connectivity index (χ4v) is 5.85. The smallest absolute Gasteiger partial charge is 0.263 e. The molecule has 2 aliphatic heterocycles. The number of nitrogens with one attached hydrogen (secondary N) is 1. The average molecular weight is 479 g/mol. The van der Waals surface area contributed by atoms with Crippen molar-refractivity contribution in [2.24, 2.45) is 18.0 Å². The van der Waals surface area contributed by atoms with E-state index in [-0.39, 0.29) is 23.4 Å². The fourth-order valence-electron chi connectivity index (χ4n) is 4.36. The molecule has 1 atom stereocenters. The Bertz CT molecular complexity index is 1390. The zero-order valence-electron chi connectivity index (χ0n) is 19.2. The molecule has 4 aliphatic rings. The van der Waals surface area contributed by atoms with E-state index in [0.29, 0.717) is 29.7 Å². The second-order valence-corrected chi connectivity index (χ2v) is 11.5. The first-order chi connectivity index (χ1) is 16.2. The number of carbonyl (C=O) groups is 1. The number of amides is 1. The minimum atomic E-state index is -3.75. The number of carbonyl (C=O) groups excluding carboxylic acids is 1. The van der Waals surface area contributed by atoms with Gasteiger partial charge in [0, 0.05) is 30.3 Å². The Balaban J connectivity index is 1.41. The van der Waals surface area contributed by atoms with Gasteiger partial charge in [-0.3, -0.25) is 19.3 Å². The highest BCUT2D eigenvalue weighted by Crippen LogP contribution is 2.38. The highest BCUT2D eigenvalue weighted by Gasteiger charge is 2.44. The highest BCUT2D eigenvalue weighted by molar-refractivity contribution is 7.89. The first kappa shape index (κ1) is 21.4. The third kappa shape index (κ3) is 3.79. The van der Waals surface area contributed by atoms with E-state index < -0.39 is 15.6 Å². The maximum Gasteiger partial charge on any atom is 0.263 e. The Labute approximate surface area is 198 Å². The van der Waals surface area contributed by atoms with Crippen LogP contribution in [-0.4, -0.2) is 53.1 Å². The third-order valence-corrected chi connectivity index (χ3v) is 8.33. The molecule has 2 fully saturated rings. The number of aryl methyl sites for hydroxylation is 1. The molecular weight excluding hydrogens is 452 g/mol. The van der Waals surface area contributed by atoms with Gasteiger partial charge in [0.25, 0.3) is 5.91 Å². The monoisotopic (exact) mass is 478 g/mol. The van der Waals surface area contributed by atoms with Gasteiger partial charge < -0.3 is 0 Å². The van der Waals surface area contributed by atoms with E-state index in [1.165, 1.54) is 6.07 Å².